The van der Waals surface area contributed by atoms with Gasteiger partial charge in [0, 0.05) is 31.3 Å². The number of likely N-dealkylation sites (tertiary alicyclic amines) is 1. The number of nitrogens with one attached hydrogen (secondary N) is 2. The maximum atomic E-state index is 13.4. The van der Waals surface area contributed by atoms with Gasteiger partial charge in [0.05, 0.1) is 23.5 Å². The maximum Gasteiger partial charge on any atom is 0.225 e. The van der Waals surface area contributed by atoms with E-state index >= 15 is 0 Å². The number of Topliss-reactive ketones (excluding diaryl/α,β-unsaturated/α-hetero) is 1. The minimum Gasteiger partial charge on any atom is -0.346 e. The molecule has 1 aromatic carbocycles. The van der Waals surface area contributed by atoms with E-state index < -0.39 is 6.04 Å². The molecule has 1 aliphatic heterocycles. The molecule has 0 unspecified atom stereocenters. The Morgan fingerprint density at radius 1 is 1.18 bits per heavy atom. The predicted molar refractivity (Wildman–Crippen MR) is 134 cm³/mol. The number of hydrogen-bond acceptors (Lipinski definition) is 4. The number of hydrogen-bond donors (Lipinski definition) is 2. The first-order valence-electron chi connectivity index (χ1n) is 12.6. The van der Waals surface area contributed by atoms with E-state index in [9.17, 15) is 14.4 Å². The largest absolute Gasteiger partial charge is 0.346 e. The van der Waals surface area contributed by atoms with Crippen molar-refractivity contribution in [3.8, 4) is 0 Å². The Balaban J connectivity index is 1.70. The number of ketones is 1. The second kappa shape index (κ2) is 11.2. The SMILES string of the molecule is C[C@@H](CC(=O)[C@H](CC(=O)N1CCCC[C@@H]1C)NC(=O)CCC(C)(C)C)c1nc2ccccc2[nH]1. The number of para-hydroxylation sites is 2. The summed E-state index contributed by atoms with van der Waals surface area (Å²) in [5.74, 6) is 0.221. The molecule has 2 aromatic rings. The second-order valence-corrected chi connectivity index (χ2v) is 11.0. The normalized spacial score (nSPS) is 18.5. The number of carbonyl (C=O) groups excluding carboxylic acids is 3. The molecule has 1 fully saturated rings. The van der Waals surface area contributed by atoms with Gasteiger partial charge in [0.15, 0.2) is 5.78 Å². The molecular weight excluding hydrogens is 428 g/mol. The summed E-state index contributed by atoms with van der Waals surface area (Å²) in [6, 6.07) is 7.11. The molecule has 186 valence electrons. The van der Waals surface area contributed by atoms with Crippen molar-refractivity contribution in [3.05, 3.63) is 30.1 Å². The van der Waals surface area contributed by atoms with Crippen LogP contribution in [0.4, 0.5) is 0 Å². The standard InChI is InChI=1S/C27H40N4O3/c1-18(26-29-20-11-6-7-12-21(20)30-26)16-23(32)22(28-24(33)13-14-27(3,4)5)17-25(34)31-15-9-8-10-19(31)2/h6-7,11-12,18-19,22H,8-10,13-17H2,1-5H3,(H,28,33)(H,29,30)/t18-,19-,22-/m0/s1. The van der Waals surface area contributed by atoms with E-state index in [-0.39, 0.29) is 47.8 Å². The molecule has 0 saturated carbocycles. The zero-order valence-electron chi connectivity index (χ0n) is 21.3. The van der Waals surface area contributed by atoms with Crippen molar-refractivity contribution in [2.75, 3.05) is 6.54 Å². The lowest BCUT2D eigenvalue weighted by molar-refractivity contribution is -0.138. The number of aromatic amines is 1. The van der Waals surface area contributed by atoms with Gasteiger partial charge < -0.3 is 15.2 Å². The van der Waals surface area contributed by atoms with Crippen LogP contribution in [0.25, 0.3) is 11.0 Å². The highest BCUT2D eigenvalue weighted by molar-refractivity contribution is 5.93. The monoisotopic (exact) mass is 468 g/mol. The van der Waals surface area contributed by atoms with Crippen molar-refractivity contribution >= 4 is 28.6 Å². The highest BCUT2D eigenvalue weighted by Crippen LogP contribution is 2.23. The average Bonchev–Trinajstić information content (AvgIpc) is 3.21. The minimum atomic E-state index is -0.819. The number of amides is 2. The van der Waals surface area contributed by atoms with Gasteiger partial charge in [-0.2, -0.15) is 0 Å². The lowest BCUT2D eigenvalue weighted by Gasteiger charge is -2.34. The number of nitrogens with zero attached hydrogens (tertiary/aromatic N) is 2. The van der Waals surface area contributed by atoms with Crippen LogP contribution in [-0.2, 0) is 14.4 Å². The van der Waals surface area contributed by atoms with E-state index in [2.05, 4.69) is 43.0 Å². The van der Waals surface area contributed by atoms with Crippen molar-refractivity contribution in [3.63, 3.8) is 0 Å². The van der Waals surface area contributed by atoms with Crippen molar-refractivity contribution in [2.45, 2.75) is 97.6 Å². The molecule has 3 rings (SSSR count). The van der Waals surface area contributed by atoms with Gasteiger partial charge >= 0.3 is 0 Å². The molecule has 1 aliphatic rings. The molecule has 0 radical (unpaired) electrons. The molecule has 3 atom stereocenters. The number of rotatable bonds is 9. The van der Waals surface area contributed by atoms with Crippen molar-refractivity contribution in [1.82, 2.24) is 20.2 Å². The first-order valence-corrected chi connectivity index (χ1v) is 12.6. The molecule has 7 heteroatoms. The molecule has 0 aliphatic carbocycles. The molecule has 0 spiro atoms. The van der Waals surface area contributed by atoms with Crippen LogP contribution in [0.15, 0.2) is 24.3 Å². The Labute approximate surface area is 203 Å². The summed E-state index contributed by atoms with van der Waals surface area (Å²) >= 11 is 0. The Kier molecular flexibility index (Phi) is 8.50. The first-order chi connectivity index (χ1) is 16.0. The summed E-state index contributed by atoms with van der Waals surface area (Å²) in [7, 11) is 0. The van der Waals surface area contributed by atoms with E-state index in [1.807, 2.05) is 36.1 Å². The molecule has 0 bridgehead atoms. The van der Waals surface area contributed by atoms with E-state index in [1.165, 1.54) is 0 Å². The van der Waals surface area contributed by atoms with Crippen LogP contribution in [0.1, 0.15) is 91.3 Å². The summed E-state index contributed by atoms with van der Waals surface area (Å²) in [6.07, 6.45) is 4.34. The van der Waals surface area contributed by atoms with E-state index in [0.29, 0.717) is 19.4 Å². The van der Waals surface area contributed by atoms with E-state index in [1.54, 1.807) is 0 Å². The van der Waals surface area contributed by atoms with Crippen molar-refractivity contribution in [1.29, 1.82) is 0 Å². The lowest BCUT2D eigenvalue weighted by Crippen LogP contribution is -2.48. The summed E-state index contributed by atoms with van der Waals surface area (Å²) in [5.41, 5.74) is 1.81. The van der Waals surface area contributed by atoms with Crippen molar-refractivity contribution in [2.24, 2.45) is 5.41 Å². The summed E-state index contributed by atoms with van der Waals surface area (Å²) < 4.78 is 0. The smallest absolute Gasteiger partial charge is 0.225 e. The molecule has 2 amide bonds. The zero-order valence-corrected chi connectivity index (χ0v) is 21.3. The summed E-state index contributed by atoms with van der Waals surface area (Å²) in [4.78, 5) is 48.9. The van der Waals surface area contributed by atoms with Crippen LogP contribution >= 0.6 is 0 Å². The molecule has 1 aromatic heterocycles. The van der Waals surface area contributed by atoms with Crippen LogP contribution in [0.3, 0.4) is 0 Å². The predicted octanol–water partition coefficient (Wildman–Crippen LogP) is 4.73. The number of imidazole rings is 1. The Bertz CT molecular complexity index is 974. The number of H-pyrrole nitrogens is 1. The highest BCUT2D eigenvalue weighted by Gasteiger charge is 2.31. The molecule has 7 nitrogen and oxygen atoms in total. The fourth-order valence-corrected chi connectivity index (χ4v) is 4.51. The van der Waals surface area contributed by atoms with Crippen LogP contribution in [0.5, 0.6) is 0 Å². The van der Waals surface area contributed by atoms with Gasteiger partial charge in [0.1, 0.15) is 5.82 Å². The van der Waals surface area contributed by atoms with Crippen molar-refractivity contribution < 1.29 is 14.4 Å². The Hall–Kier alpha value is -2.70. The third-order valence-corrected chi connectivity index (χ3v) is 6.71. The quantitative estimate of drug-likeness (QED) is 0.556. The topological polar surface area (TPSA) is 95.2 Å². The van der Waals surface area contributed by atoms with Gasteiger partial charge in [-0.1, -0.05) is 39.8 Å². The van der Waals surface area contributed by atoms with E-state index in [0.717, 1.165) is 36.1 Å². The summed E-state index contributed by atoms with van der Waals surface area (Å²) in [5, 5.41) is 2.89. The van der Waals surface area contributed by atoms with Crippen LogP contribution in [-0.4, -0.2) is 51.1 Å². The third-order valence-electron chi connectivity index (χ3n) is 6.71. The average molecular weight is 469 g/mol. The number of benzene rings is 1. The lowest BCUT2D eigenvalue weighted by atomic mass is 9.90. The highest BCUT2D eigenvalue weighted by atomic mass is 16.2. The number of aromatic nitrogens is 2. The molecule has 2 heterocycles. The van der Waals surface area contributed by atoms with E-state index in [4.69, 9.17) is 0 Å². The van der Waals surface area contributed by atoms with Crippen LogP contribution in [0.2, 0.25) is 0 Å². The molecule has 1 saturated heterocycles. The third kappa shape index (κ3) is 7.15. The zero-order chi connectivity index (χ0) is 24.9. The molecule has 34 heavy (non-hydrogen) atoms. The Morgan fingerprint density at radius 2 is 1.91 bits per heavy atom. The number of fused-ring (bicyclic) bond motifs is 1. The molecule has 2 N–H and O–H groups in total. The van der Waals surface area contributed by atoms with Gasteiger partial charge in [-0.25, -0.2) is 4.98 Å². The maximum absolute atomic E-state index is 13.4. The van der Waals surface area contributed by atoms with Gasteiger partial charge in [-0.15, -0.1) is 0 Å². The minimum absolute atomic E-state index is 0.0112. The van der Waals surface area contributed by atoms with Crippen LogP contribution < -0.4 is 5.32 Å². The fraction of sp³-hybridized carbons (Fsp3) is 0.630. The number of piperidine rings is 1. The summed E-state index contributed by atoms with van der Waals surface area (Å²) in [6.45, 7) is 11.0. The van der Waals surface area contributed by atoms with Gasteiger partial charge in [0.25, 0.3) is 0 Å². The second-order valence-electron chi connectivity index (χ2n) is 11.0. The number of carbonyl (C=O) groups is 3. The molecular formula is C27H40N4O3. The Morgan fingerprint density at radius 3 is 2.59 bits per heavy atom. The fourth-order valence-electron chi connectivity index (χ4n) is 4.51. The van der Waals surface area contributed by atoms with Crippen LogP contribution in [0, 0.1) is 5.41 Å². The van der Waals surface area contributed by atoms with Gasteiger partial charge in [-0.05, 0) is 50.2 Å². The first kappa shape index (κ1) is 25.9. The van der Waals surface area contributed by atoms with Gasteiger partial charge in [-0.3, -0.25) is 14.4 Å². The van der Waals surface area contributed by atoms with Gasteiger partial charge in [0.2, 0.25) is 11.8 Å².